The highest BCUT2D eigenvalue weighted by atomic mass is 32.2. The summed E-state index contributed by atoms with van der Waals surface area (Å²) >= 11 is 1.76. The van der Waals surface area contributed by atoms with E-state index in [0.717, 1.165) is 39.9 Å². The predicted molar refractivity (Wildman–Crippen MR) is 80.9 cm³/mol. The Labute approximate surface area is 121 Å². The number of fused-ring (bicyclic) bond motifs is 1. The van der Waals surface area contributed by atoms with Gasteiger partial charge in [0.2, 0.25) is 0 Å². The average Bonchev–Trinajstić information content (AvgIpc) is 2.46. The van der Waals surface area contributed by atoms with Crippen molar-refractivity contribution in [3.63, 3.8) is 0 Å². The molecule has 1 aromatic carbocycles. The summed E-state index contributed by atoms with van der Waals surface area (Å²) < 4.78 is 12.8. The number of anilines is 1. The SMILES string of the molecule is Cc1ccc2c(n1)SCC/C2=N\Nc1ccc(F)cc1. The summed E-state index contributed by atoms with van der Waals surface area (Å²) in [5.74, 6) is 0.732. The molecule has 0 unspecified atom stereocenters. The fourth-order valence-corrected chi connectivity index (χ4v) is 3.05. The first-order chi connectivity index (χ1) is 9.72. The van der Waals surface area contributed by atoms with Crippen molar-refractivity contribution in [1.82, 2.24) is 4.98 Å². The topological polar surface area (TPSA) is 37.3 Å². The molecule has 0 saturated heterocycles. The molecule has 20 heavy (non-hydrogen) atoms. The first-order valence-corrected chi connectivity index (χ1v) is 7.40. The number of hydrogen-bond acceptors (Lipinski definition) is 4. The maximum Gasteiger partial charge on any atom is 0.123 e. The molecule has 1 aliphatic heterocycles. The number of thioether (sulfide) groups is 1. The summed E-state index contributed by atoms with van der Waals surface area (Å²) in [4.78, 5) is 4.54. The third-order valence-electron chi connectivity index (χ3n) is 3.05. The maximum absolute atomic E-state index is 12.8. The van der Waals surface area contributed by atoms with Crippen LogP contribution in [0.5, 0.6) is 0 Å². The Morgan fingerprint density at radius 2 is 2.00 bits per heavy atom. The van der Waals surface area contributed by atoms with Gasteiger partial charge in [-0.2, -0.15) is 5.10 Å². The number of nitrogens with one attached hydrogen (secondary N) is 1. The normalized spacial score (nSPS) is 16.0. The Hall–Kier alpha value is -1.88. The van der Waals surface area contributed by atoms with Crippen molar-refractivity contribution in [2.45, 2.75) is 18.4 Å². The summed E-state index contributed by atoms with van der Waals surface area (Å²) in [5.41, 5.74) is 6.86. The third-order valence-corrected chi connectivity index (χ3v) is 4.05. The van der Waals surface area contributed by atoms with Crippen molar-refractivity contribution in [2.24, 2.45) is 5.10 Å². The van der Waals surface area contributed by atoms with Crippen molar-refractivity contribution < 1.29 is 4.39 Å². The highest BCUT2D eigenvalue weighted by Crippen LogP contribution is 2.28. The molecule has 102 valence electrons. The van der Waals surface area contributed by atoms with Crippen LogP contribution in [0.15, 0.2) is 46.5 Å². The lowest BCUT2D eigenvalue weighted by atomic mass is 10.1. The zero-order chi connectivity index (χ0) is 13.9. The van der Waals surface area contributed by atoms with Gasteiger partial charge >= 0.3 is 0 Å². The second-order valence-electron chi connectivity index (χ2n) is 4.58. The number of pyridine rings is 1. The second-order valence-corrected chi connectivity index (χ2v) is 5.66. The van der Waals surface area contributed by atoms with Gasteiger partial charge in [-0.15, -0.1) is 11.8 Å². The van der Waals surface area contributed by atoms with Crippen molar-refractivity contribution in [3.05, 3.63) is 53.5 Å². The summed E-state index contributed by atoms with van der Waals surface area (Å²) in [5, 5.41) is 5.48. The van der Waals surface area contributed by atoms with Crippen LogP contribution in [0.1, 0.15) is 17.7 Å². The van der Waals surface area contributed by atoms with E-state index in [-0.39, 0.29) is 5.82 Å². The van der Waals surface area contributed by atoms with Crippen molar-refractivity contribution in [2.75, 3.05) is 11.2 Å². The number of aryl methyl sites for hydroxylation is 1. The van der Waals surface area contributed by atoms with E-state index >= 15 is 0 Å². The van der Waals surface area contributed by atoms with Crippen molar-refractivity contribution in [1.29, 1.82) is 0 Å². The van der Waals surface area contributed by atoms with E-state index in [4.69, 9.17) is 0 Å². The number of aromatic nitrogens is 1. The molecule has 2 aromatic rings. The van der Waals surface area contributed by atoms with Gasteiger partial charge in [0.25, 0.3) is 0 Å². The third kappa shape index (κ3) is 2.82. The summed E-state index contributed by atoms with van der Waals surface area (Å²) in [7, 11) is 0. The minimum atomic E-state index is -0.248. The van der Waals surface area contributed by atoms with Gasteiger partial charge in [-0.25, -0.2) is 9.37 Å². The minimum Gasteiger partial charge on any atom is -0.278 e. The van der Waals surface area contributed by atoms with E-state index in [1.54, 1.807) is 23.9 Å². The number of rotatable bonds is 2. The van der Waals surface area contributed by atoms with E-state index in [1.807, 2.05) is 13.0 Å². The number of hydrogen-bond donors (Lipinski definition) is 1. The molecule has 0 atom stereocenters. The van der Waals surface area contributed by atoms with Gasteiger partial charge in [-0.05, 0) is 43.3 Å². The minimum absolute atomic E-state index is 0.248. The second kappa shape index (κ2) is 5.63. The fraction of sp³-hybridized carbons (Fsp3) is 0.200. The highest BCUT2D eigenvalue weighted by Gasteiger charge is 2.17. The van der Waals surface area contributed by atoms with Crippen LogP contribution in [0.4, 0.5) is 10.1 Å². The van der Waals surface area contributed by atoms with Crippen molar-refractivity contribution in [3.8, 4) is 0 Å². The quantitative estimate of drug-likeness (QED) is 0.853. The number of benzene rings is 1. The van der Waals surface area contributed by atoms with Gasteiger partial charge in [-0.1, -0.05) is 0 Å². The molecule has 0 spiro atoms. The van der Waals surface area contributed by atoms with Gasteiger partial charge in [0.05, 0.1) is 11.4 Å². The Morgan fingerprint density at radius 1 is 1.20 bits per heavy atom. The molecule has 0 bridgehead atoms. The molecule has 1 aliphatic rings. The fourth-order valence-electron chi connectivity index (χ4n) is 2.01. The Bertz CT molecular complexity index is 653. The Kier molecular flexibility index (Phi) is 3.69. The van der Waals surface area contributed by atoms with E-state index < -0.39 is 0 Å². The van der Waals surface area contributed by atoms with Crippen LogP contribution in [-0.4, -0.2) is 16.4 Å². The molecule has 3 nitrogen and oxygen atoms in total. The maximum atomic E-state index is 12.8. The molecule has 1 aromatic heterocycles. The van der Waals surface area contributed by atoms with Crippen LogP contribution in [0.3, 0.4) is 0 Å². The molecular weight excluding hydrogens is 273 g/mol. The van der Waals surface area contributed by atoms with E-state index in [9.17, 15) is 4.39 Å². The Balaban J connectivity index is 1.84. The largest absolute Gasteiger partial charge is 0.278 e. The number of hydrazone groups is 1. The number of halogens is 1. The van der Waals surface area contributed by atoms with E-state index in [1.165, 1.54) is 12.1 Å². The number of nitrogens with zero attached hydrogens (tertiary/aromatic N) is 2. The Morgan fingerprint density at radius 3 is 2.80 bits per heavy atom. The summed E-state index contributed by atoms with van der Waals surface area (Å²) in [6.45, 7) is 1.99. The van der Waals surface area contributed by atoms with Crippen LogP contribution in [0.25, 0.3) is 0 Å². The van der Waals surface area contributed by atoms with Gasteiger partial charge in [0.1, 0.15) is 10.8 Å². The lowest BCUT2D eigenvalue weighted by Gasteiger charge is -2.16. The zero-order valence-electron chi connectivity index (χ0n) is 11.1. The molecule has 0 saturated carbocycles. The standard InChI is InChI=1S/C15H14FN3S/c1-10-2-7-13-14(8-9-20-15(13)17-10)19-18-12-5-3-11(16)4-6-12/h2-7,18H,8-9H2,1H3/b19-14+. The molecule has 0 radical (unpaired) electrons. The first-order valence-electron chi connectivity index (χ1n) is 6.41. The first kappa shape index (κ1) is 13.1. The van der Waals surface area contributed by atoms with Crippen LogP contribution in [-0.2, 0) is 0 Å². The van der Waals surface area contributed by atoms with Gasteiger partial charge in [0, 0.05) is 23.4 Å². The van der Waals surface area contributed by atoms with Crippen molar-refractivity contribution >= 4 is 23.2 Å². The van der Waals surface area contributed by atoms with E-state index in [2.05, 4.69) is 21.6 Å². The summed E-state index contributed by atoms with van der Waals surface area (Å²) in [6, 6.07) is 10.2. The monoisotopic (exact) mass is 287 g/mol. The molecule has 2 heterocycles. The van der Waals surface area contributed by atoms with Crippen LogP contribution >= 0.6 is 11.8 Å². The molecule has 5 heteroatoms. The molecule has 1 N–H and O–H groups in total. The van der Waals surface area contributed by atoms with Crippen LogP contribution in [0, 0.1) is 12.7 Å². The molecule has 0 aliphatic carbocycles. The molecule has 0 amide bonds. The summed E-state index contributed by atoms with van der Waals surface area (Å²) in [6.07, 6.45) is 0.899. The zero-order valence-corrected chi connectivity index (χ0v) is 11.9. The molecule has 3 rings (SSSR count). The smallest absolute Gasteiger partial charge is 0.123 e. The predicted octanol–water partition coefficient (Wildman–Crippen LogP) is 3.84. The average molecular weight is 287 g/mol. The van der Waals surface area contributed by atoms with Gasteiger partial charge in [0.15, 0.2) is 0 Å². The van der Waals surface area contributed by atoms with Crippen LogP contribution in [0.2, 0.25) is 0 Å². The van der Waals surface area contributed by atoms with Gasteiger partial charge in [-0.3, -0.25) is 5.43 Å². The molecular formula is C15H14FN3S. The van der Waals surface area contributed by atoms with Crippen LogP contribution < -0.4 is 5.43 Å². The highest BCUT2D eigenvalue weighted by molar-refractivity contribution is 7.99. The van der Waals surface area contributed by atoms with Gasteiger partial charge < -0.3 is 0 Å². The van der Waals surface area contributed by atoms with E-state index in [0.29, 0.717) is 0 Å². The lowest BCUT2D eigenvalue weighted by molar-refractivity contribution is 0.628. The molecule has 0 fully saturated rings. The lowest BCUT2D eigenvalue weighted by Crippen LogP contribution is -2.13.